The van der Waals surface area contributed by atoms with Crippen LogP contribution in [0.5, 0.6) is 0 Å². The Morgan fingerprint density at radius 3 is 1.96 bits per heavy atom. The van der Waals surface area contributed by atoms with E-state index in [2.05, 4.69) is 36.4 Å². The molecule has 0 amide bonds. The molecule has 0 N–H and O–H groups in total. The molecule has 23 heavy (non-hydrogen) atoms. The zero-order valence-corrected chi connectivity index (χ0v) is 14.6. The minimum Gasteiger partial charge on any atom is -0.399 e. The Morgan fingerprint density at radius 1 is 0.913 bits per heavy atom. The fourth-order valence-corrected chi connectivity index (χ4v) is 5.54. The van der Waals surface area contributed by atoms with E-state index >= 15 is 0 Å². The van der Waals surface area contributed by atoms with Crippen LogP contribution in [0.2, 0.25) is 0 Å². The van der Waals surface area contributed by atoms with Gasteiger partial charge in [0.2, 0.25) is 0 Å². The molecular weight excluding hydrogens is 296 g/mol. The molecule has 0 saturated heterocycles. The molecule has 0 heterocycles. The van der Waals surface area contributed by atoms with Crippen molar-refractivity contribution >= 4 is 18.7 Å². The topological polar surface area (TPSA) is 9.23 Å². The average molecular weight is 321 g/mol. The first kappa shape index (κ1) is 17.3. The highest BCUT2D eigenvalue weighted by molar-refractivity contribution is 7.03. The second kappa shape index (κ2) is 9.15. The van der Waals surface area contributed by atoms with Crippen LogP contribution in [0, 0.1) is 12.0 Å². The van der Waals surface area contributed by atoms with Crippen LogP contribution in [0.15, 0.2) is 73.3 Å². The van der Waals surface area contributed by atoms with Gasteiger partial charge in [0.1, 0.15) is 0 Å². The summed E-state index contributed by atoms with van der Waals surface area (Å²) in [7, 11) is -2.58. The van der Waals surface area contributed by atoms with E-state index in [1.54, 1.807) is 0 Å². The lowest BCUT2D eigenvalue weighted by Crippen LogP contribution is -2.60. The molecule has 118 valence electrons. The van der Waals surface area contributed by atoms with Gasteiger partial charge in [-0.3, -0.25) is 0 Å². The maximum Gasteiger partial charge on any atom is 0.337 e. The van der Waals surface area contributed by atoms with Crippen LogP contribution in [0.3, 0.4) is 0 Å². The third kappa shape index (κ3) is 4.45. The van der Waals surface area contributed by atoms with E-state index in [0.29, 0.717) is 6.61 Å². The van der Waals surface area contributed by atoms with Gasteiger partial charge >= 0.3 is 8.32 Å². The molecule has 0 radical (unpaired) electrons. The number of benzene rings is 2. The Labute approximate surface area is 141 Å². The maximum atomic E-state index is 6.41. The van der Waals surface area contributed by atoms with E-state index < -0.39 is 8.32 Å². The van der Waals surface area contributed by atoms with Gasteiger partial charge in [-0.25, -0.2) is 0 Å². The van der Waals surface area contributed by atoms with E-state index in [1.165, 1.54) is 0 Å². The van der Waals surface area contributed by atoms with Gasteiger partial charge in [-0.2, -0.15) is 0 Å². The number of terminal acetylenes is 1. The van der Waals surface area contributed by atoms with Gasteiger partial charge in [0.05, 0.1) is 0 Å². The second-order valence-corrected chi connectivity index (χ2v) is 8.64. The van der Waals surface area contributed by atoms with Gasteiger partial charge in [-0.1, -0.05) is 78.7 Å². The minimum atomic E-state index is -2.58. The summed E-state index contributed by atoms with van der Waals surface area (Å²) in [4.78, 5) is 0. The number of hydrogen-bond donors (Lipinski definition) is 0. The average Bonchev–Trinajstić information content (AvgIpc) is 2.63. The molecule has 0 unspecified atom stereocenters. The van der Waals surface area contributed by atoms with E-state index in [-0.39, 0.29) is 0 Å². The van der Waals surface area contributed by atoms with E-state index in [1.807, 2.05) is 42.5 Å². The van der Waals surface area contributed by atoms with E-state index in [4.69, 9.17) is 10.8 Å². The molecule has 2 heteroatoms. The molecule has 2 aromatic rings. The number of unbranched alkanes of at least 4 members (excludes halogenated alkanes) is 3. The summed E-state index contributed by atoms with van der Waals surface area (Å²) in [5.41, 5.74) is 3.05. The second-order valence-electron chi connectivity index (χ2n) is 5.54. The van der Waals surface area contributed by atoms with Crippen molar-refractivity contribution in [3.05, 3.63) is 73.3 Å². The van der Waals surface area contributed by atoms with Crippen LogP contribution in [0.4, 0.5) is 0 Å². The minimum absolute atomic E-state index is 0.706. The monoisotopic (exact) mass is 320 g/mol. The zero-order valence-electron chi connectivity index (χ0n) is 13.6. The summed E-state index contributed by atoms with van der Waals surface area (Å²) in [6.45, 7) is 4.47. The van der Waals surface area contributed by atoms with Gasteiger partial charge in [0.15, 0.2) is 0 Å². The fraction of sp³-hybridized carbons (Fsp3) is 0.238. The Hall–Kier alpha value is -2.08. The molecule has 0 bridgehead atoms. The highest BCUT2D eigenvalue weighted by atomic mass is 28.4. The summed E-state index contributed by atoms with van der Waals surface area (Å²) in [5.74, 6) is 0. The summed E-state index contributed by atoms with van der Waals surface area (Å²) in [6, 6.07) is 20.5. The molecule has 0 aromatic heterocycles. The predicted molar refractivity (Wildman–Crippen MR) is 101 cm³/mol. The highest BCUT2D eigenvalue weighted by Crippen LogP contribution is 2.09. The first-order chi connectivity index (χ1) is 11.3. The van der Waals surface area contributed by atoms with Crippen LogP contribution in [0.1, 0.15) is 25.7 Å². The van der Waals surface area contributed by atoms with Gasteiger partial charge in [0.25, 0.3) is 0 Å². The normalized spacial score (nSPS) is 10.9. The van der Waals surface area contributed by atoms with Gasteiger partial charge in [-0.05, 0) is 29.6 Å². The van der Waals surface area contributed by atoms with Crippen LogP contribution in [0.25, 0.3) is 0 Å². The molecule has 0 saturated carbocycles. The SMILES string of the molecule is C#C[Si](OCCCCCC=C)(c1ccccc1)c1ccccc1. The first-order valence-electron chi connectivity index (χ1n) is 8.17. The van der Waals surface area contributed by atoms with Crippen molar-refractivity contribution in [3.8, 4) is 12.0 Å². The largest absolute Gasteiger partial charge is 0.399 e. The Kier molecular flexibility index (Phi) is 6.87. The fourth-order valence-electron chi connectivity index (χ4n) is 2.68. The van der Waals surface area contributed by atoms with Crippen molar-refractivity contribution in [3.63, 3.8) is 0 Å². The van der Waals surface area contributed by atoms with Crippen LogP contribution in [-0.2, 0) is 4.43 Å². The highest BCUT2D eigenvalue weighted by Gasteiger charge is 2.38. The molecule has 0 aliphatic rings. The molecule has 2 rings (SSSR count). The van der Waals surface area contributed by atoms with Crippen molar-refractivity contribution in [1.29, 1.82) is 0 Å². The summed E-state index contributed by atoms with van der Waals surface area (Å²) >= 11 is 0. The first-order valence-corrected chi connectivity index (χ1v) is 10.1. The Bertz CT molecular complexity index is 588. The van der Waals surface area contributed by atoms with Gasteiger partial charge in [0, 0.05) is 6.61 Å². The number of rotatable bonds is 9. The molecule has 2 aromatic carbocycles. The summed E-state index contributed by atoms with van der Waals surface area (Å²) in [5, 5.41) is 2.28. The van der Waals surface area contributed by atoms with Crippen molar-refractivity contribution in [2.24, 2.45) is 0 Å². The third-order valence-corrected chi connectivity index (χ3v) is 7.27. The molecule has 0 aliphatic heterocycles. The molecule has 0 spiro atoms. The standard InChI is InChI=1S/C21H24OSi/c1-3-5-6-7-14-19-22-23(4-2,20-15-10-8-11-16-20)21-17-12-9-13-18-21/h2-3,8-13,15-18H,1,5-7,14,19H2. The third-order valence-electron chi connectivity index (χ3n) is 3.94. The molecular formula is C21H24OSi. The smallest absolute Gasteiger partial charge is 0.337 e. The zero-order chi connectivity index (χ0) is 16.4. The Morgan fingerprint density at radius 2 is 1.48 bits per heavy atom. The van der Waals surface area contributed by atoms with E-state index in [0.717, 1.165) is 36.1 Å². The predicted octanol–water partition coefficient (Wildman–Crippen LogP) is 3.68. The lowest BCUT2D eigenvalue weighted by Gasteiger charge is -2.27. The van der Waals surface area contributed by atoms with Crippen LogP contribution < -0.4 is 10.4 Å². The van der Waals surface area contributed by atoms with Crippen molar-refractivity contribution in [1.82, 2.24) is 0 Å². The quantitative estimate of drug-likeness (QED) is 0.296. The number of allylic oxidation sites excluding steroid dienone is 1. The molecule has 1 nitrogen and oxygen atoms in total. The lowest BCUT2D eigenvalue weighted by molar-refractivity contribution is 0.311. The van der Waals surface area contributed by atoms with Crippen LogP contribution >= 0.6 is 0 Å². The van der Waals surface area contributed by atoms with Crippen molar-refractivity contribution in [2.45, 2.75) is 25.7 Å². The van der Waals surface area contributed by atoms with Crippen LogP contribution in [-0.4, -0.2) is 14.9 Å². The van der Waals surface area contributed by atoms with E-state index in [9.17, 15) is 0 Å². The molecule has 0 aliphatic carbocycles. The maximum absolute atomic E-state index is 6.41. The summed E-state index contributed by atoms with van der Waals surface area (Å²) < 4.78 is 6.41. The van der Waals surface area contributed by atoms with Crippen molar-refractivity contribution < 1.29 is 4.43 Å². The molecule has 0 fully saturated rings. The number of hydrogen-bond acceptors (Lipinski definition) is 1. The van der Waals surface area contributed by atoms with Gasteiger partial charge in [-0.15, -0.1) is 13.0 Å². The lowest BCUT2D eigenvalue weighted by atomic mass is 10.2. The Balaban J connectivity index is 2.19. The van der Waals surface area contributed by atoms with Crippen molar-refractivity contribution in [2.75, 3.05) is 6.61 Å². The summed E-state index contributed by atoms with van der Waals surface area (Å²) in [6.07, 6.45) is 12.4. The van der Waals surface area contributed by atoms with Gasteiger partial charge < -0.3 is 4.43 Å². The molecule has 0 atom stereocenters.